The second-order valence-corrected chi connectivity index (χ2v) is 15.1. The lowest BCUT2D eigenvalue weighted by atomic mass is 10.1. The van der Waals surface area contributed by atoms with Gasteiger partial charge in [0.2, 0.25) is 17.8 Å². The van der Waals surface area contributed by atoms with E-state index in [0.29, 0.717) is 79.7 Å². The maximum absolute atomic E-state index is 13.5. The molecule has 17 heteroatoms. The lowest BCUT2D eigenvalue weighted by Gasteiger charge is -2.20. The van der Waals surface area contributed by atoms with Gasteiger partial charge in [-0.25, -0.2) is 24.1 Å². The van der Waals surface area contributed by atoms with Crippen LogP contribution in [-0.4, -0.2) is 87.2 Å². The molecule has 0 aliphatic carbocycles. The number of nitrogens with two attached hydrogens (primary N) is 1. The summed E-state index contributed by atoms with van der Waals surface area (Å²) in [7, 11) is 1.74. The first-order valence-corrected chi connectivity index (χ1v) is 19.4. The normalized spacial score (nSPS) is 11.8. The highest BCUT2D eigenvalue weighted by Gasteiger charge is 2.19. The minimum Gasteiger partial charge on any atom is -0.444 e. The van der Waals surface area contributed by atoms with Gasteiger partial charge in [0.15, 0.2) is 0 Å². The van der Waals surface area contributed by atoms with Gasteiger partial charge in [-0.3, -0.25) is 9.59 Å². The predicted octanol–water partition coefficient (Wildman–Crippen LogP) is 6.26. The van der Waals surface area contributed by atoms with Crippen LogP contribution in [0.4, 0.5) is 28.3 Å². The largest absolute Gasteiger partial charge is 0.444 e. The van der Waals surface area contributed by atoms with Crippen molar-refractivity contribution in [2.45, 2.75) is 86.7 Å². The molecule has 0 aliphatic heterocycles. The average molecular weight is 792 g/mol. The fourth-order valence-electron chi connectivity index (χ4n) is 6.61. The number of nitrogens with zero attached hydrogens (tertiary/aromatic N) is 9. The van der Waals surface area contributed by atoms with E-state index in [1.807, 2.05) is 92.7 Å². The van der Waals surface area contributed by atoms with Crippen molar-refractivity contribution >= 4 is 63.5 Å². The predicted molar refractivity (Wildman–Crippen MR) is 225 cm³/mol. The molecule has 4 heterocycles. The van der Waals surface area contributed by atoms with E-state index in [1.54, 1.807) is 30.1 Å². The molecule has 5 N–H and O–H groups in total. The molecule has 6 rings (SSSR count). The number of allylic oxidation sites excluding steroid dienone is 2. The number of carbonyl (C=O) groups is 3. The number of carbonyl (C=O) groups excluding carboxylic acids is 3. The molecule has 4 aromatic heterocycles. The first-order chi connectivity index (χ1) is 27.6. The van der Waals surface area contributed by atoms with Crippen molar-refractivity contribution in [2.24, 2.45) is 5.73 Å². The quantitative estimate of drug-likeness (QED) is 0.0641. The third kappa shape index (κ3) is 9.47. The number of benzene rings is 2. The number of nitrogens with one attached hydrogen (secondary N) is 3. The maximum atomic E-state index is 13.5. The zero-order chi connectivity index (χ0) is 41.7. The first kappa shape index (κ1) is 41.0. The number of primary amides is 1. The van der Waals surface area contributed by atoms with Crippen LogP contribution in [0, 0.1) is 13.8 Å². The number of amides is 3. The summed E-state index contributed by atoms with van der Waals surface area (Å²) in [6.07, 6.45) is 4.19. The molecule has 0 bridgehead atoms. The van der Waals surface area contributed by atoms with E-state index in [-0.39, 0.29) is 5.91 Å². The number of aromatic nitrogens is 8. The van der Waals surface area contributed by atoms with Crippen LogP contribution in [0.2, 0.25) is 0 Å². The third-order valence-corrected chi connectivity index (χ3v) is 9.34. The van der Waals surface area contributed by atoms with Gasteiger partial charge < -0.3 is 40.5 Å². The van der Waals surface area contributed by atoms with Gasteiger partial charge >= 0.3 is 6.09 Å². The fraction of sp³-hybridized carbons (Fsp3) is 0.390. The van der Waals surface area contributed by atoms with Gasteiger partial charge in [-0.1, -0.05) is 12.2 Å². The number of rotatable bonds is 16. The second-order valence-electron chi connectivity index (χ2n) is 15.1. The van der Waals surface area contributed by atoms with Gasteiger partial charge in [0, 0.05) is 69.6 Å². The number of ether oxygens (including phenoxy) is 1. The molecule has 0 unspecified atom stereocenters. The van der Waals surface area contributed by atoms with E-state index in [1.165, 1.54) is 0 Å². The van der Waals surface area contributed by atoms with E-state index in [4.69, 9.17) is 20.4 Å². The Hall–Kier alpha value is -6.65. The Morgan fingerprint density at radius 2 is 1.29 bits per heavy atom. The van der Waals surface area contributed by atoms with Crippen molar-refractivity contribution in [1.29, 1.82) is 0 Å². The Morgan fingerprint density at radius 3 is 1.78 bits per heavy atom. The Balaban J connectivity index is 1.25. The van der Waals surface area contributed by atoms with Crippen molar-refractivity contribution in [3.8, 4) is 0 Å². The zero-order valence-electron chi connectivity index (χ0n) is 34.5. The molecular weight excluding hydrogens is 739 g/mol. The van der Waals surface area contributed by atoms with Gasteiger partial charge in [0.05, 0.1) is 33.5 Å². The minimum atomic E-state index is -0.581. The maximum Gasteiger partial charge on any atom is 0.407 e. The number of aryl methyl sites for hydroxylation is 4. The van der Waals surface area contributed by atoms with Crippen LogP contribution in [0.1, 0.15) is 73.1 Å². The molecule has 0 spiro atoms. The Labute approximate surface area is 337 Å². The van der Waals surface area contributed by atoms with E-state index < -0.39 is 17.6 Å². The molecule has 0 saturated carbocycles. The number of imidazole rings is 2. The van der Waals surface area contributed by atoms with Gasteiger partial charge in [0.25, 0.3) is 5.91 Å². The van der Waals surface area contributed by atoms with Crippen LogP contribution < -0.4 is 21.7 Å². The Morgan fingerprint density at radius 1 is 0.793 bits per heavy atom. The molecule has 17 nitrogen and oxygen atoms in total. The van der Waals surface area contributed by atoms with Gasteiger partial charge in [-0.15, -0.1) is 0 Å². The third-order valence-electron chi connectivity index (χ3n) is 9.34. The van der Waals surface area contributed by atoms with E-state index in [0.717, 1.165) is 34.1 Å². The average Bonchev–Trinajstić information content (AvgIpc) is 3.92. The van der Waals surface area contributed by atoms with Crippen LogP contribution in [-0.2, 0) is 30.9 Å². The summed E-state index contributed by atoms with van der Waals surface area (Å²) in [5.41, 5.74) is 10.6. The van der Waals surface area contributed by atoms with Crippen molar-refractivity contribution in [2.75, 3.05) is 30.8 Å². The van der Waals surface area contributed by atoms with Gasteiger partial charge in [-0.2, -0.15) is 10.2 Å². The number of hydrogen-bond acceptors (Lipinski definition) is 10. The van der Waals surface area contributed by atoms with Crippen molar-refractivity contribution in [3.63, 3.8) is 0 Å². The van der Waals surface area contributed by atoms with Crippen LogP contribution in [0.3, 0.4) is 0 Å². The SMILES string of the molecule is CCn1nc(C)cc1Nc1nc2cc(C(N)=O)ccc2n1C/C=C/Cn1c(Nc2cc(C)nn2CC)nc2cc(C(=O)N(C)CCCNC(=O)OC(C)(C)C)ccc21. The molecule has 0 radical (unpaired) electrons. The smallest absolute Gasteiger partial charge is 0.407 e. The summed E-state index contributed by atoms with van der Waals surface area (Å²) < 4.78 is 13.1. The van der Waals surface area contributed by atoms with Crippen LogP contribution in [0.25, 0.3) is 22.1 Å². The first-order valence-electron chi connectivity index (χ1n) is 19.4. The highest BCUT2D eigenvalue weighted by atomic mass is 16.6. The van der Waals surface area contributed by atoms with Crippen LogP contribution in [0.5, 0.6) is 0 Å². The lowest BCUT2D eigenvalue weighted by Crippen LogP contribution is -2.35. The van der Waals surface area contributed by atoms with Gasteiger partial charge in [-0.05, 0) is 91.3 Å². The topological polar surface area (TPSA) is 197 Å². The highest BCUT2D eigenvalue weighted by Crippen LogP contribution is 2.27. The fourth-order valence-corrected chi connectivity index (χ4v) is 6.61. The Kier molecular flexibility index (Phi) is 12.2. The van der Waals surface area contributed by atoms with Crippen molar-refractivity contribution in [1.82, 2.24) is 48.9 Å². The summed E-state index contributed by atoms with van der Waals surface area (Å²) in [4.78, 5) is 49.0. The molecule has 0 atom stereocenters. The molecule has 58 heavy (non-hydrogen) atoms. The summed E-state index contributed by atoms with van der Waals surface area (Å²) in [6, 6.07) is 14.7. The van der Waals surface area contributed by atoms with E-state index in [9.17, 15) is 14.4 Å². The summed E-state index contributed by atoms with van der Waals surface area (Å²) in [5, 5.41) is 18.8. The number of fused-ring (bicyclic) bond motifs is 2. The van der Waals surface area contributed by atoms with Crippen LogP contribution >= 0.6 is 0 Å². The Bertz CT molecular complexity index is 2480. The molecule has 3 amide bonds. The minimum absolute atomic E-state index is 0.153. The summed E-state index contributed by atoms with van der Waals surface area (Å²) >= 11 is 0. The van der Waals surface area contributed by atoms with Crippen molar-refractivity contribution in [3.05, 3.63) is 83.2 Å². The van der Waals surface area contributed by atoms with Crippen LogP contribution in [0.15, 0.2) is 60.7 Å². The lowest BCUT2D eigenvalue weighted by molar-refractivity contribution is 0.0526. The molecule has 0 saturated heterocycles. The monoisotopic (exact) mass is 791 g/mol. The molecule has 6 aromatic rings. The number of anilines is 4. The van der Waals surface area contributed by atoms with E-state index in [2.05, 4.69) is 42.9 Å². The molecule has 2 aromatic carbocycles. The summed E-state index contributed by atoms with van der Waals surface area (Å²) in [6.45, 7) is 16.5. The number of alkyl carbamates (subject to hydrolysis) is 1. The number of hydrogen-bond donors (Lipinski definition) is 4. The molecule has 0 aliphatic rings. The molecule has 306 valence electrons. The standard InChI is InChI=1S/C41H53N13O4/c1-9-53-34(22-26(3)48-53)46-38-44-30-24-28(36(42)55)14-16-32(30)51(38)20-11-12-21-52-33-17-15-29(37(56)50(8)19-13-18-43-40(57)58-41(5,6)7)25-31(33)45-39(52)47-35-23-27(4)49-54(35)10-2/h11-12,14-17,22-25H,9-10,13,18-21H2,1-8H3,(H2,42,55)(H,43,57)(H,44,46)(H,45,47)/b12-11+. The second kappa shape index (κ2) is 17.2. The zero-order valence-corrected chi connectivity index (χ0v) is 34.5. The molecule has 0 fully saturated rings. The summed E-state index contributed by atoms with van der Waals surface area (Å²) in [5.74, 6) is 2.12. The van der Waals surface area contributed by atoms with Gasteiger partial charge in [0.1, 0.15) is 17.2 Å². The highest BCUT2D eigenvalue weighted by molar-refractivity contribution is 5.98. The van der Waals surface area contributed by atoms with Crippen molar-refractivity contribution < 1.29 is 19.1 Å². The van der Waals surface area contributed by atoms with E-state index >= 15 is 0 Å². The molecular formula is C41H53N13O4.